The molecule has 0 bridgehead atoms. The summed E-state index contributed by atoms with van der Waals surface area (Å²) in [6.45, 7) is 1.44. The average Bonchev–Trinajstić information content (AvgIpc) is 1.38. The molecule has 0 spiro atoms. The van der Waals surface area contributed by atoms with E-state index < -0.39 is 6.29 Å². The van der Waals surface area contributed by atoms with E-state index in [2.05, 4.69) is 4.74 Å². The molecule has 0 aliphatic heterocycles. The molecule has 0 aliphatic carbocycles. The van der Waals surface area contributed by atoms with Gasteiger partial charge in [0.05, 0.1) is 0 Å². The van der Waals surface area contributed by atoms with Gasteiger partial charge in [-0.2, -0.15) is 0 Å². The predicted molar refractivity (Wildman–Crippen MR) is 25.6 cm³/mol. The minimum absolute atomic E-state index is 0. The average molecular weight is 128 g/mol. The Morgan fingerprint density at radius 2 is 1.86 bits per heavy atom. The van der Waals surface area contributed by atoms with Crippen LogP contribution < -0.4 is 34.7 Å². The van der Waals surface area contributed by atoms with Crippen LogP contribution in [0, 0.1) is 0 Å². The first-order chi connectivity index (χ1) is 2.27. The van der Waals surface area contributed by atoms with Gasteiger partial charge in [0.25, 0.3) is 0 Å². The van der Waals surface area contributed by atoms with Crippen molar-refractivity contribution in [3.63, 3.8) is 0 Å². The maximum Gasteiger partial charge on any atom is 3.00 e. The van der Waals surface area contributed by atoms with Gasteiger partial charge >= 0.3 is 46.9 Å². The largest absolute Gasteiger partial charge is 3.00 e. The summed E-state index contributed by atoms with van der Waals surface area (Å²) < 4.78 is 4.19. The Balaban J connectivity index is -0.00000000800. The van der Waals surface area contributed by atoms with Crippen molar-refractivity contribution in [1.29, 1.82) is 0 Å². The van der Waals surface area contributed by atoms with Gasteiger partial charge in [-0.15, -0.1) is 0 Å². The fourth-order valence-electron chi connectivity index (χ4n) is 0. The molecular formula is C3H10AlNaO2. The van der Waals surface area contributed by atoms with E-state index in [4.69, 9.17) is 0 Å². The van der Waals surface area contributed by atoms with Crippen LogP contribution in [0.15, 0.2) is 0 Å². The standard InChI is InChI=1S/C3H7O2.Al.Na.3H/c1-3(4)5-2;;;;;/h3H,1-2H3;;;;;/q-1;+3;+1;3*-1. The fraction of sp³-hybridized carbons (Fsp3) is 1.00. The molecule has 0 aromatic rings. The Morgan fingerprint density at radius 3 is 1.86 bits per heavy atom. The number of rotatable bonds is 1. The van der Waals surface area contributed by atoms with E-state index in [1.165, 1.54) is 14.0 Å². The maximum atomic E-state index is 9.67. The summed E-state index contributed by atoms with van der Waals surface area (Å²) >= 11 is 0. The van der Waals surface area contributed by atoms with Crippen molar-refractivity contribution in [3.8, 4) is 0 Å². The van der Waals surface area contributed by atoms with Gasteiger partial charge < -0.3 is 14.1 Å². The van der Waals surface area contributed by atoms with E-state index in [-0.39, 0.29) is 51.2 Å². The number of hydrogen-bond donors (Lipinski definition) is 0. The third-order valence-electron chi connectivity index (χ3n) is 0.332. The van der Waals surface area contributed by atoms with E-state index in [1.54, 1.807) is 0 Å². The van der Waals surface area contributed by atoms with Crippen LogP contribution in [-0.4, -0.2) is 30.8 Å². The van der Waals surface area contributed by atoms with Crippen molar-refractivity contribution in [2.75, 3.05) is 7.11 Å². The Labute approximate surface area is 81.1 Å². The molecule has 0 aromatic heterocycles. The zero-order valence-electron chi connectivity index (χ0n) is 7.97. The van der Waals surface area contributed by atoms with E-state index in [9.17, 15) is 5.11 Å². The molecule has 0 radical (unpaired) electrons. The van der Waals surface area contributed by atoms with Crippen molar-refractivity contribution < 1.29 is 43.7 Å². The molecule has 0 N–H and O–H groups in total. The monoisotopic (exact) mass is 128 g/mol. The molecule has 0 saturated heterocycles. The van der Waals surface area contributed by atoms with Crippen LogP contribution in [0.1, 0.15) is 11.2 Å². The minimum atomic E-state index is -0.866. The Kier molecular flexibility index (Phi) is 23.5. The van der Waals surface area contributed by atoms with Gasteiger partial charge in [-0.05, 0) is 6.29 Å². The summed E-state index contributed by atoms with van der Waals surface area (Å²) in [6.07, 6.45) is -0.866. The van der Waals surface area contributed by atoms with Crippen molar-refractivity contribution in [2.45, 2.75) is 13.2 Å². The summed E-state index contributed by atoms with van der Waals surface area (Å²) in [6, 6.07) is 0. The zero-order chi connectivity index (χ0) is 4.28. The van der Waals surface area contributed by atoms with Gasteiger partial charge in [0.1, 0.15) is 0 Å². The van der Waals surface area contributed by atoms with E-state index >= 15 is 0 Å². The van der Waals surface area contributed by atoms with E-state index in [0.29, 0.717) is 0 Å². The summed E-state index contributed by atoms with van der Waals surface area (Å²) in [5.41, 5.74) is 0. The van der Waals surface area contributed by atoms with Crippen LogP contribution in [0.5, 0.6) is 0 Å². The molecular weight excluding hydrogens is 118 g/mol. The first-order valence-electron chi connectivity index (χ1n) is 1.46. The molecule has 7 heavy (non-hydrogen) atoms. The van der Waals surface area contributed by atoms with Crippen molar-refractivity contribution in [3.05, 3.63) is 0 Å². The van der Waals surface area contributed by atoms with Crippen LogP contribution in [0.3, 0.4) is 0 Å². The molecule has 0 heterocycles. The predicted octanol–water partition coefficient (Wildman–Crippen LogP) is -3.70. The second-order valence-electron chi connectivity index (χ2n) is 0.803. The van der Waals surface area contributed by atoms with Crippen molar-refractivity contribution in [1.82, 2.24) is 0 Å². The quantitative estimate of drug-likeness (QED) is 0.269. The number of methoxy groups -OCH3 is 1. The van der Waals surface area contributed by atoms with Crippen LogP contribution in [0.2, 0.25) is 0 Å². The normalized spacial score (nSPS) is 10.7. The van der Waals surface area contributed by atoms with Crippen LogP contribution >= 0.6 is 0 Å². The molecule has 0 amide bonds. The molecule has 1 atom stereocenters. The Morgan fingerprint density at radius 1 is 1.71 bits per heavy atom. The Bertz CT molecular complexity index is 35.7. The van der Waals surface area contributed by atoms with Gasteiger partial charge in [0, 0.05) is 7.11 Å². The minimum Gasteiger partial charge on any atom is -1.00 e. The van der Waals surface area contributed by atoms with Crippen LogP contribution in [0.25, 0.3) is 0 Å². The molecule has 0 rings (SSSR count). The SMILES string of the molecule is COC(C)[O-].[Al+3].[H-].[H-].[H-].[Na+]. The van der Waals surface area contributed by atoms with Gasteiger partial charge in [-0.25, -0.2) is 0 Å². The topological polar surface area (TPSA) is 32.3 Å². The zero-order valence-corrected chi connectivity index (χ0v) is 8.13. The van der Waals surface area contributed by atoms with Gasteiger partial charge in [-0.3, -0.25) is 0 Å². The first kappa shape index (κ1) is 15.8. The number of hydrogen-bond acceptors (Lipinski definition) is 2. The molecule has 2 nitrogen and oxygen atoms in total. The molecule has 0 saturated carbocycles. The molecule has 38 valence electrons. The number of ether oxygens (including phenoxy) is 1. The van der Waals surface area contributed by atoms with Crippen LogP contribution in [0.4, 0.5) is 0 Å². The maximum absolute atomic E-state index is 9.67. The second kappa shape index (κ2) is 10.4. The summed E-state index contributed by atoms with van der Waals surface area (Å²) in [7, 11) is 1.39. The Hall–Kier alpha value is 1.45. The molecule has 1 unspecified atom stereocenters. The van der Waals surface area contributed by atoms with Crippen LogP contribution in [-0.2, 0) is 4.74 Å². The molecule has 0 fully saturated rings. The van der Waals surface area contributed by atoms with Gasteiger partial charge in [0.15, 0.2) is 0 Å². The third kappa shape index (κ3) is 18.6. The second-order valence-corrected chi connectivity index (χ2v) is 0.803. The first-order valence-corrected chi connectivity index (χ1v) is 1.46. The van der Waals surface area contributed by atoms with Gasteiger partial charge in [0.2, 0.25) is 0 Å². The molecule has 0 aromatic carbocycles. The van der Waals surface area contributed by atoms with Crippen molar-refractivity contribution in [2.24, 2.45) is 0 Å². The smallest absolute Gasteiger partial charge is 1.00 e. The molecule has 0 aliphatic rings. The van der Waals surface area contributed by atoms with Gasteiger partial charge in [-0.1, -0.05) is 6.92 Å². The van der Waals surface area contributed by atoms with E-state index in [0.717, 1.165) is 0 Å². The van der Waals surface area contributed by atoms with Crippen molar-refractivity contribution >= 4 is 17.4 Å². The van der Waals surface area contributed by atoms with E-state index in [1.807, 2.05) is 0 Å². The third-order valence-corrected chi connectivity index (χ3v) is 0.332. The fourth-order valence-corrected chi connectivity index (χ4v) is 0. The molecule has 4 heteroatoms. The summed E-state index contributed by atoms with van der Waals surface area (Å²) in [4.78, 5) is 0. The summed E-state index contributed by atoms with van der Waals surface area (Å²) in [5.74, 6) is 0. The summed E-state index contributed by atoms with van der Waals surface area (Å²) in [5, 5.41) is 9.67.